The highest BCUT2D eigenvalue weighted by Gasteiger charge is 2.38. The molecule has 0 radical (unpaired) electrons. The maximum Gasteiger partial charge on any atom is 0.0502 e. The molecule has 0 bridgehead atoms. The van der Waals surface area contributed by atoms with Crippen LogP contribution in [0, 0.1) is 17.3 Å². The van der Waals surface area contributed by atoms with Gasteiger partial charge < -0.3 is 10.6 Å². The van der Waals surface area contributed by atoms with Crippen molar-refractivity contribution in [1.82, 2.24) is 10.6 Å². The summed E-state index contributed by atoms with van der Waals surface area (Å²) in [7, 11) is 0. The first-order valence-electron chi connectivity index (χ1n) is 6.73. The molecule has 0 spiro atoms. The number of hydrogen-bond donors (Lipinski definition) is 3. The smallest absolute Gasteiger partial charge is 0.0502 e. The molecule has 0 amide bonds. The molecule has 16 heavy (non-hydrogen) atoms. The standard InChI is InChI=1S/C13H26N2S/c1-13(2,10-4-3-7-14-8-10)11-5-6-12(16)15-9-11/h10-12,14-16H,3-9H2,1-2H3. The highest BCUT2D eigenvalue weighted by Crippen LogP contribution is 2.42. The van der Waals surface area contributed by atoms with Crippen molar-refractivity contribution in [2.45, 2.75) is 44.9 Å². The lowest BCUT2D eigenvalue weighted by Crippen LogP contribution is -2.48. The summed E-state index contributed by atoms with van der Waals surface area (Å²) in [6, 6.07) is 0. The van der Waals surface area contributed by atoms with Crippen LogP contribution in [0.4, 0.5) is 0 Å². The topological polar surface area (TPSA) is 24.1 Å². The molecule has 2 N–H and O–H groups in total. The molecule has 3 heteroatoms. The number of nitrogens with one attached hydrogen (secondary N) is 2. The van der Waals surface area contributed by atoms with Gasteiger partial charge in [-0.3, -0.25) is 0 Å². The second-order valence-corrected chi connectivity index (χ2v) is 6.69. The van der Waals surface area contributed by atoms with E-state index in [2.05, 4.69) is 37.1 Å². The minimum Gasteiger partial charge on any atom is -0.316 e. The molecule has 2 saturated heterocycles. The Balaban J connectivity index is 1.94. The van der Waals surface area contributed by atoms with Crippen molar-refractivity contribution in [3.8, 4) is 0 Å². The highest BCUT2D eigenvalue weighted by atomic mass is 32.1. The third kappa shape index (κ3) is 2.74. The van der Waals surface area contributed by atoms with E-state index in [1.165, 1.54) is 38.8 Å². The van der Waals surface area contributed by atoms with Crippen LogP contribution in [0.1, 0.15) is 39.5 Å². The van der Waals surface area contributed by atoms with Crippen LogP contribution in [0.15, 0.2) is 0 Å². The van der Waals surface area contributed by atoms with Crippen molar-refractivity contribution in [2.24, 2.45) is 17.3 Å². The molecule has 2 nitrogen and oxygen atoms in total. The average molecular weight is 242 g/mol. The normalized spacial score (nSPS) is 37.3. The van der Waals surface area contributed by atoms with Gasteiger partial charge in [-0.05, 0) is 62.6 Å². The Morgan fingerprint density at radius 2 is 1.81 bits per heavy atom. The summed E-state index contributed by atoms with van der Waals surface area (Å²) in [6.45, 7) is 8.52. The molecular formula is C13H26N2S. The summed E-state index contributed by atoms with van der Waals surface area (Å²) >= 11 is 4.50. The molecule has 94 valence electrons. The van der Waals surface area contributed by atoms with Crippen LogP contribution < -0.4 is 10.6 Å². The van der Waals surface area contributed by atoms with E-state index < -0.39 is 0 Å². The Morgan fingerprint density at radius 3 is 2.38 bits per heavy atom. The Hall–Kier alpha value is 0.270. The molecule has 0 saturated carbocycles. The van der Waals surface area contributed by atoms with E-state index in [1.54, 1.807) is 0 Å². The van der Waals surface area contributed by atoms with Crippen LogP contribution in [0.2, 0.25) is 0 Å². The molecule has 3 atom stereocenters. The van der Waals surface area contributed by atoms with Gasteiger partial charge >= 0.3 is 0 Å². The lowest BCUT2D eigenvalue weighted by atomic mass is 9.65. The summed E-state index contributed by atoms with van der Waals surface area (Å²) in [4.78, 5) is 0. The molecule has 2 fully saturated rings. The van der Waals surface area contributed by atoms with Gasteiger partial charge in [-0.1, -0.05) is 13.8 Å². The Labute approximate surface area is 105 Å². The van der Waals surface area contributed by atoms with Crippen LogP contribution in [0.25, 0.3) is 0 Å². The van der Waals surface area contributed by atoms with Gasteiger partial charge in [0.15, 0.2) is 0 Å². The molecule has 0 aromatic carbocycles. The molecule has 0 aromatic heterocycles. The predicted molar refractivity (Wildman–Crippen MR) is 72.9 cm³/mol. The molecule has 2 heterocycles. The fourth-order valence-corrected chi connectivity index (χ4v) is 3.55. The summed E-state index contributed by atoms with van der Waals surface area (Å²) in [6.07, 6.45) is 5.31. The zero-order valence-corrected chi connectivity index (χ0v) is 11.5. The van der Waals surface area contributed by atoms with E-state index in [9.17, 15) is 0 Å². The van der Waals surface area contributed by atoms with Gasteiger partial charge in [0, 0.05) is 0 Å². The van der Waals surface area contributed by atoms with E-state index in [4.69, 9.17) is 0 Å². The second-order valence-electron chi connectivity index (χ2n) is 6.06. The quantitative estimate of drug-likeness (QED) is 0.647. The monoisotopic (exact) mass is 242 g/mol. The van der Waals surface area contributed by atoms with Crippen LogP contribution in [0.5, 0.6) is 0 Å². The van der Waals surface area contributed by atoms with Crippen molar-refractivity contribution in [2.75, 3.05) is 19.6 Å². The van der Waals surface area contributed by atoms with Crippen molar-refractivity contribution >= 4 is 12.6 Å². The van der Waals surface area contributed by atoms with E-state index in [-0.39, 0.29) is 0 Å². The zero-order chi connectivity index (χ0) is 11.6. The lowest BCUT2D eigenvalue weighted by molar-refractivity contribution is 0.0724. The highest BCUT2D eigenvalue weighted by molar-refractivity contribution is 7.80. The number of thiol groups is 1. The molecule has 2 aliphatic rings. The minimum atomic E-state index is 0.427. The summed E-state index contributed by atoms with van der Waals surface area (Å²) in [5.74, 6) is 1.67. The van der Waals surface area contributed by atoms with Crippen molar-refractivity contribution in [1.29, 1.82) is 0 Å². The molecular weight excluding hydrogens is 216 g/mol. The Bertz CT molecular complexity index is 216. The van der Waals surface area contributed by atoms with Crippen molar-refractivity contribution < 1.29 is 0 Å². The van der Waals surface area contributed by atoms with Crippen LogP contribution >= 0.6 is 12.6 Å². The van der Waals surface area contributed by atoms with Crippen molar-refractivity contribution in [3.63, 3.8) is 0 Å². The fraction of sp³-hybridized carbons (Fsp3) is 1.00. The van der Waals surface area contributed by atoms with Crippen LogP contribution in [0.3, 0.4) is 0 Å². The molecule has 2 aliphatic heterocycles. The van der Waals surface area contributed by atoms with Gasteiger partial charge in [-0.2, -0.15) is 12.6 Å². The van der Waals surface area contributed by atoms with Gasteiger partial charge in [-0.15, -0.1) is 0 Å². The zero-order valence-electron chi connectivity index (χ0n) is 10.6. The second kappa shape index (κ2) is 5.28. The predicted octanol–water partition coefficient (Wildman–Crippen LogP) is 2.27. The first-order valence-corrected chi connectivity index (χ1v) is 7.24. The Morgan fingerprint density at radius 1 is 1.06 bits per heavy atom. The van der Waals surface area contributed by atoms with Crippen LogP contribution in [-0.2, 0) is 0 Å². The number of hydrogen-bond acceptors (Lipinski definition) is 3. The third-order valence-electron chi connectivity index (χ3n) is 4.79. The van der Waals surface area contributed by atoms with Gasteiger partial charge in [0.1, 0.15) is 0 Å². The number of piperidine rings is 2. The first kappa shape index (κ1) is 12.7. The fourth-order valence-electron chi connectivity index (χ4n) is 3.30. The van der Waals surface area contributed by atoms with E-state index in [1.807, 2.05) is 0 Å². The van der Waals surface area contributed by atoms with Gasteiger partial charge in [0.2, 0.25) is 0 Å². The maximum atomic E-state index is 4.50. The largest absolute Gasteiger partial charge is 0.316 e. The van der Waals surface area contributed by atoms with Crippen LogP contribution in [-0.4, -0.2) is 25.0 Å². The van der Waals surface area contributed by atoms with E-state index in [0.29, 0.717) is 10.8 Å². The van der Waals surface area contributed by atoms with E-state index >= 15 is 0 Å². The minimum absolute atomic E-state index is 0.427. The van der Waals surface area contributed by atoms with Crippen molar-refractivity contribution in [3.05, 3.63) is 0 Å². The molecule has 0 aromatic rings. The third-order valence-corrected chi connectivity index (χ3v) is 5.23. The first-order chi connectivity index (χ1) is 7.60. The Kier molecular flexibility index (Phi) is 4.20. The summed E-state index contributed by atoms with van der Waals surface area (Å²) in [5.41, 5.74) is 0.467. The summed E-state index contributed by atoms with van der Waals surface area (Å²) in [5, 5.41) is 7.50. The lowest BCUT2D eigenvalue weighted by Gasteiger charge is -2.45. The SMILES string of the molecule is CC(C)(C1CCCNC1)C1CCC(S)NC1. The summed E-state index contributed by atoms with van der Waals surface area (Å²) < 4.78 is 0. The number of rotatable bonds is 2. The van der Waals surface area contributed by atoms with Gasteiger partial charge in [-0.25, -0.2) is 0 Å². The van der Waals surface area contributed by atoms with Gasteiger partial charge in [0.25, 0.3) is 0 Å². The molecule has 3 unspecified atom stereocenters. The average Bonchev–Trinajstić information content (AvgIpc) is 2.31. The maximum absolute atomic E-state index is 4.50. The molecule has 0 aliphatic carbocycles. The van der Waals surface area contributed by atoms with E-state index in [0.717, 1.165) is 18.4 Å². The molecule has 2 rings (SSSR count). The van der Waals surface area contributed by atoms with Gasteiger partial charge in [0.05, 0.1) is 5.37 Å².